The van der Waals surface area contributed by atoms with E-state index in [0.717, 1.165) is 10.9 Å². The van der Waals surface area contributed by atoms with Crippen LogP contribution < -0.4 is 15.2 Å². The van der Waals surface area contributed by atoms with E-state index in [9.17, 15) is 0 Å². The van der Waals surface area contributed by atoms with Crippen LogP contribution in [0.25, 0.3) is 10.9 Å². The molecular weight excluding hydrogens is 316 g/mol. The minimum absolute atomic E-state index is 0.365. The molecule has 0 unspecified atom stereocenters. The van der Waals surface area contributed by atoms with Gasteiger partial charge in [0.1, 0.15) is 17.6 Å². The van der Waals surface area contributed by atoms with Gasteiger partial charge in [-0.2, -0.15) is 0 Å². The summed E-state index contributed by atoms with van der Waals surface area (Å²) in [4.78, 5) is 12.6. The normalized spacial score (nSPS) is 10.6. The topological polar surface area (TPSA) is 83.2 Å². The highest BCUT2D eigenvalue weighted by Crippen LogP contribution is 2.29. The van der Waals surface area contributed by atoms with Crippen LogP contribution in [0, 0.1) is 0 Å². The largest absolute Gasteiger partial charge is 0.439 e. The van der Waals surface area contributed by atoms with E-state index < -0.39 is 0 Å². The van der Waals surface area contributed by atoms with E-state index in [2.05, 4.69) is 15.0 Å². The number of ether oxygens (including phenoxy) is 2. The fourth-order valence-electron chi connectivity index (χ4n) is 2.40. The fourth-order valence-corrected chi connectivity index (χ4v) is 2.40. The zero-order valence-corrected chi connectivity index (χ0v) is 13.2. The Hall–Kier alpha value is -3.67. The van der Waals surface area contributed by atoms with Crippen LogP contribution in [-0.4, -0.2) is 15.0 Å². The van der Waals surface area contributed by atoms with Gasteiger partial charge in [0, 0.05) is 23.3 Å². The number of rotatable bonds is 4. The van der Waals surface area contributed by atoms with Gasteiger partial charge >= 0.3 is 0 Å². The van der Waals surface area contributed by atoms with Gasteiger partial charge in [-0.15, -0.1) is 0 Å². The molecule has 0 fully saturated rings. The number of anilines is 1. The molecule has 0 aliphatic rings. The number of benzene rings is 2. The van der Waals surface area contributed by atoms with Crippen molar-refractivity contribution in [3.63, 3.8) is 0 Å². The Morgan fingerprint density at radius 3 is 2.44 bits per heavy atom. The fraction of sp³-hybridized carbons (Fsp3) is 0. The molecule has 0 saturated carbocycles. The molecule has 0 bridgehead atoms. The van der Waals surface area contributed by atoms with Crippen LogP contribution in [0.15, 0.2) is 73.2 Å². The van der Waals surface area contributed by atoms with Crippen molar-refractivity contribution in [2.45, 2.75) is 0 Å². The zero-order valence-electron chi connectivity index (χ0n) is 13.2. The average molecular weight is 330 g/mol. The number of aromatic nitrogens is 3. The van der Waals surface area contributed by atoms with E-state index in [1.54, 1.807) is 30.5 Å². The van der Waals surface area contributed by atoms with Crippen molar-refractivity contribution in [1.29, 1.82) is 0 Å². The summed E-state index contributed by atoms with van der Waals surface area (Å²) in [5.74, 6) is 1.94. The molecule has 25 heavy (non-hydrogen) atoms. The Bertz CT molecular complexity index is 1030. The van der Waals surface area contributed by atoms with Crippen LogP contribution in [-0.2, 0) is 0 Å². The standard InChI is InChI=1S/C19H14N4O2/c20-14-6-2-7-15(10-14)24-17-11-18(23-12-22-17)25-16-8-1-4-13-5-3-9-21-19(13)16/h1-12H,20H2. The maximum atomic E-state index is 5.88. The first-order valence-corrected chi connectivity index (χ1v) is 7.65. The second kappa shape index (κ2) is 6.45. The van der Waals surface area contributed by atoms with Crippen LogP contribution >= 0.6 is 0 Å². The summed E-state index contributed by atoms with van der Waals surface area (Å²) in [6.45, 7) is 0. The maximum absolute atomic E-state index is 5.88. The van der Waals surface area contributed by atoms with E-state index in [0.29, 0.717) is 28.9 Å². The number of para-hydroxylation sites is 1. The molecule has 0 aliphatic carbocycles. The number of nitrogens with zero attached hydrogens (tertiary/aromatic N) is 3. The highest BCUT2D eigenvalue weighted by atomic mass is 16.5. The van der Waals surface area contributed by atoms with Crippen LogP contribution in [0.1, 0.15) is 0 Å². The summed E-state index contributed by atoms with van der Waals surface area (Å²) in [6.07, 6.45) is 3.11. The highest BCUT2D eigenvalue weighted by Gasteiger charge is 2.07. The van der Waals surface area contributed by atoms with Crippen molar-refractivity contribution in [2.75, 3.05) is 5.73 Å². The molecule has 122 valence electrons. The molecule has 2 aromatic heterocycles. The first kappa shape index (κ1) is 14.9. The molecule has 2 heterocycles. The van der Waals surface area contributed by atoms with Crippen LogP contribution in [0.4, 0.5) is 5.69 Å². The molecule has 0 saturated heterocycles. The van der Waals surface area contributed by atoms with E-state index in [4.69, 9.17) is 15.2 Å². The van der Waals surface area contributed by atoms with Crippen molar-refractivity contribution >= 4 is 16.6 Å². The van der Waals surface area contributed by atoms with Crippen molar-refractivity contribution < 1.29 is 9.47 Å². The first-order chi connectivity index (χ1) is 12.3. The Labute approximate surface area is 143 Å². The van der Waals surface area contributed by atoms with E-state index in [-0.39, 0.29) is 0 Å². The molecule has 0 spiro atoms. The van der Waals surface area contributed by atoms with Gasteiger partial charge < -0.3 is 15.2 Å². The zero-order chi connectivity index (χ0) is 17.1. The SMILES string of the molecule is Nc1cccc(Oc2cc(Oc3cccc4cccnc34)ncn2)c1. The minimum atomic E-state index is 0.365. The van der Waals surface area contributed by atoms with Crippen molar-refractivity contribution in [3.8, 4) is 23.3 Å². The molecule has 0 aliphatic heterocycles. The van der Waals surface area contributed by atoms with Gasteiger partial charge in [0.05, 0.1) is 6.07 Å². The molecule has 2 N–H and O–H groups in total. The van der Waals surface area contributed by atoms with E-state index in [1.165, 1.54) is 6.33 Å². The third-order valence-corrected chi connectivity index (χ3v) is 3.51. The Morgan fingerprint density at radius 1 is 0.760 bits per heavy atom. The van der Waals surface area contributed by atoms with Gasteiger partial charge in [0.25, 0.3) is 0 Å². The lowest BCUT2D eigenvalue weighted by Crippen LogP contribution is -1.94. The molecule has 2 aromatic carbocycles. The molecule has 0 atom stereocenters. The van der Waals surface area contributed by atoms with Gasteiger partial charge in [-0.05, 0) is 24.3 Å². The molecule has 6 nitrogen and oxygen atoms in total. The smallest absolute Gasteiger partial charge is 0.226 e. The number of hydrogen-bond acceptors (Lipinski definition) is 6. The second-order valence-electron chi connectivity index (χ2n) is 5.30. The number of pyridine rings is 1. The summed E-state index contributed by atoms with van der Waals surface area (Å²) in [5.41, 5.74) is 7.13. The Balaban J connectivity index is 1.61. The third-order valence-electron chi connectivity index (χ3n) is 3.51. The average Bonchev–Trinajstić information content (AvgIpc) is 2.62. The predicted molar refractivity (Wildman–Crippen MR) is 94.8 cm³/mol. The van der Waals surface area contributed by atoms with E-state index in [1.807, 2.05) is 36.4 Å². The summed E-state index contributed by atoms with van der Waals surface area (Å²) in [6, 6.07) is 18.3. The van der Waals surface area contributed by atoms with Crippen molar-refractivity contribution in [1.82, 2.24) is 15.0 Å². The Kier molecular flexibility index (Phi) is 3.84. The van der Waals surface area contributed by atoms with Crippen molar-refractivity contribution in [2.24, 2.45) is 0 Å². The lowest BCUT2D eigenvalue weighted by Gasteiger charge is -2.09. The molecule has 0 amide bonds. The van der Waals surface area contributed by atoms with Gasteiger partial charge in [0.15, 0.2) is 5.75 Å². The Morgan fingerprint density at radius 2 is 1.56 bits per heavy atom. The number of nitrogens with two attached hydrogens (primary N) is 1. The van der Waals surface area contributed by atoms with E-state index >= 15 is 0 Å². The number of hydrogen-bond donors (Lipinski definition) is 1. The summed E-state index contributed by atoms with van der Waals surface area (Å²) < 4.78 is 11.6. The van der Waals surface area contributed by atoms with Crippen LogP contribution in [0.2, 0.25) is 0 Å². The number of nitrogen functional groups attached to an aromatic ring is 1. The molecule has 4 aromatic rings. The van der Waals surface area contributed by atoms with Gasteiger partial charge in [-0.1, -0.05) is 24.3 Å². The minimum Gasteiger partial charge on any atom is -0.439 e. The molecule has 0 radical (unpaired) electrons. The molecule has 4 rings (SSSR count). The predicted octanol–water partition coefficient (Wildman–Crippen LogP) is 4.19. The third kappa shape index (κ3) is 3.32. The second-order valence-corrected chi connectivity index (χ2v) is 5.30. The monoisotopic (exact) mass is 330 g/mol. The first-order valence-electron chi connectivity index (χ1n) is 7.65. The van der Waals surface area contributed by atoms with Crippen LogP contribution in [0.5, 0.6) is 23.3 Å². The maximum Gasteiger partial charge on any atom is 0.226 e. The quantitative estimate of drug-likeness (QED) is 0.565. The lowest BCUT2D eigenvalue weighted by atomic mass is 10.2. The summed E-state index contributed by atoms with van der Waals surface area (Å²) in [5, 5.41) is 0.991. The van der Waals surface area contributed by atoms with Gasteiger partial charge in [-0.3, -0.25) is 4.98 Å². The summed E-state index contributed by atoms with van der Waals surface area (Å²) >= 11 is 0. The van der Waals surface area contributed by atoms with Crippen LogP contribution in [0.3, 0.4) is 0 Å². The lowest BCUT2D eigenvalue weighted by molar-refractivity contribution is 0.435. The number of fused-ring (bicyclic) bond motifs is 1. The molecule has 6 heteroatoms. The van der Waals surface area contributed by atoms with Crippen molar-refractivity contribution in [3.05, 3.63) is 73.2 Å². The summed E-state index contributed by atoms with van der Waals surface area (Å²) in [7, 11) is 0. The van der Waals surface area contributed by atoms with Gasteiger partial charge in [-0.25, -0.2) is 9.97 Å². The highest BCUT2D eigenvalue weighted by molar-refractivity contribution is 5.84. The van der Waals surface area contributed by atoms with Gasteiger partial charge in [0.2, 0.25) is 11.8 Å². The molecular formula is C19H14N4O2.